The quantitative estimate of drug-likeness (QED) is 0.339. The van der Waals surface area contributed by atoms with Crippen LogP contribution in [0.1, 0.15) is 15.4 Å². The molecule has 0 fully saturated rings. The third kappa shape index (κ3) is 4.78. The average Bonchev–Trinajstić information content (AvgIpc) is 3.35. The van der Waals surface area contributed by atoms with Crippen LogP contribution in [0.25, 0.3) is 10.2 Å². The minimum Gasteiger partial charge on any atom is -0.325 e. The number of thiazole rings is 1. The number of benzene rings is 2. The second-order valence-electron chi connectivity index (χ2n) is 5.97. The monoisotopic (exact) mass is 441 g/mol. The number of carbonyl (C=O) groups excluding carboxylic acids is 2. The summed E-state index contributed by atoms with van der Waals surface area (Å²) in [5, 5.41) is 14.3. The second-order valence-corrected chi connectivity index (χ2v) is 9.20. The summed E-state index contributed by atoms with van der Waals surface area (Å²) in [4.78, 5) is 28.9. The summed E-state index contributed by atoms with van der Waals surface area (Å²) in [6, 6.07) is 15.2. The number of hydrogen-bond acceptors (Lipinski definition) is 8. The summed E-state index contributed by atoms with van der Waals surface area (Å²) < 4.78 is 1.55. The van der Waals surface area contributed by atoms with E-state index in [1.165, 1.54) is 34.4 Å². The molecular weight excluding hydrogens is 426 g/mol. The average molecular weight is 442 g/mol. The molecule has 146 valence electrons. The Morgan fingerprint density at radius 3 is 2.62 bits per heavy atom. The van der Waals surface area contributed by atoms with Crippen LogP contribution in [0.2, 0.25) is 0 Å². The molecule has 2 aromatic carbocycles. The van der Waals surface area contributed by atoms with Gasteiger partial charge in [-0.3, -0.25) is 14.9 Å². The van der Waals surface area contributed by atoms with Gasteiger partial charge in [-0.2, -0.15) is 0 Å². The first-order valence-corrected chi connectivity index (χ1v) is 11.2. The lowest BCUT2D eigenvalue weighted by Gasteiger charge is -2.06. The molecule has 10 heteroatoms. The van der Waals surface area contributed by atoms with Crippen molar-refractivity contribution in [3.05, 3.63) is 59.1 Å². The van der Waals surface area contributed by atoms with E-state index in [2.05, 4.69) is 25.8 Å². The first kappa shape index (κ1) is 19.5. The first-order valence-electron chi connectivity index (χ1n) is 8.57. The van der Waals surface area contributed by atoms with Crippen LogP contribution in [0.15, 0.2) is 52.9 Å². The fourth-order valence-corrected chi connectivity index (χ4v) is 4.87. The van der Waals surface area contributed by atoms with E-state index in [1.807, 2.05) is 55.5 Å². The molecule has 0 bridgehead atoms. The minimum absolute atomic E-state index is 0.125. The third-order valence-corrected chi connectivity index (χ3v) is 6.87. The molecule has 0 aliphatic heterocycles. The number of thioether (sulfide) groups is 1. The molecule has 4 aromatic rings. The molecule has 4 rings (SSSR count). The largest absolute Gasteiger partial charge is 0.325 e. The standard InChI is InChI=1S/C19H15N5O2S3/c1-11-6-2-3-7-12(11)20-15(25)10-27-19-24-23-18(29-19)22-16(26)17-21-13-8-4-5-9-14(13)28-17/h2-9H,10H2,1H3,(H,20,25)(H,22,23,26). The number of rotatable bonds is 6. The summed E-state index contributed by atoms with van der Waals surface area (Å²) in [6.07, 6.45) is 0. The predicted octanol–water partition coefficient (Wildman–Crippen LogP) is 4.44. The van der Waals surface area contributed by atoms with Crippen molar-refractivity contribution >= 4 is 67.3 Å². The van der Waals surface area contributed by atoms with E-state index in [9.17, 15) is 9.59 Å². The zero-order valence-corrected chi connectivity index (χ0v) is 17.7. The molecule has 0 saturated carbocycles. The topological polar surface area (TPSA) is 96.9 Å². The highest BCUT2D eigenvalue weighted by Gasteiger charge is 2.15. The van der Waals surface area contributed by atoms with Crippen LogP contribution in [0.3, 0.4) is 0 Å². The molecule has 0 aliphatic carbocycles. The molecule has 0 saturated heterocycles. The molecule has 2 amide bonds. The number of carbonyl (C=O) groups is 2. The van der Waals surface area contributed by atoms with Crippen molar-refractivity contribution < 1.29 is 9.59 Å². The van der Waals surface area contributed by atoms with Gasteiger partial charge >= 0.3 is 0 Å². The van der Waals surface area contributed by atoms with Gasteiger partial charge in [0.15, 0.2) is 9.35 Å². The molecule has 7 nitrogen and oxygen atoms in total. The van der Waals surface area contributed by atoms with Gasteiger partial charge in [-0.15, -0.1) is 21.5 Å². The Morgan fingerprint density at radius 2 is 1.79 bits per heavy atom. The number of fused-ring (bicyclic) bond motifs is 1. The van der Waals surface area contributed by atoms with Gasteiger partial charge in [0.1, 0.15) is 0 Å². The van der Waals surface area contributed by atoms with Crippen LogP contribution in [0.5, 0.6) is 0 Å². The molecule has 0 spiro atoms. The smallest absolute Gasteiger partial charge is 0.286 e. The SMILES string of the molecule is Cc1ccccc1NC(=O)CSc1nnc(NC(=O)c2nc3ccccc3s2)s1. The molecule has 0 atom stereocenters. The minimum atomic E-state index is -0.323. The maximum Gasteiger partial charge on any atom is 0.286 e. The van der Waals surface area contributed by atoms with Crippen LogP contribution in [-0.2, 0) is 4.79 Å². The fourth-order valence-electron chi connectivity index (χ4n) is 2.47. The van der Waals surface area contributed by atoms with E-state index in [-0.39, 0.29) is 17.6 Å². The van der Waals surface area contributed by atoms with Crippen molar-refractivity contribution in [1.29, 1.82) is 0 Å². The first-order chi connectivity index (χ1) is 14.1. The van der Waals surface area contributed by atoms with Crippen molar-refractivity contribution in [2.24, 2.45) is 0 Å². The van der Waals surface area contributed by atoms with Gasteiger partial charge in [-0.1, -0.05) is 53.4 Å². The van der Waals surface area contributed by atoms with Crippen molar-refractivity contribution in [3.8, 4) is 0 Å². The van der Waals surface area contributed by atoms with Gasteiger partial charge in [0, 0.05) is 5.69 Å². The van der Waals surface area contributed by atoms with Crippen LogP contribution >= 0.6 is 34.4 Å². The number of nitrogens with one attached hydrogen (secondary N) is 2. The number of hydrogen-bond donors (Lipinski definition) is 2. The Kier molecular flexibility index (Phi) is 5.84. The van der Waals surface area contributed by atoms with E-state index < -0.39 is 0 Å². The van der Waals surface area contributed by atoms with Crippen LogP contribution < -0.4 is 10.6 Å². The highest BCUT2D eigenvalue weighted by Crippen LogP contribution is 2.27. The lowest BCUT2D eigenvalue weighted by Crippen LogP contribution is -2.14. The Hall–Kier alpha value is -2.82. The Labute approximate surface area is 178 Å². The maximum atomic E-state index is 12.4. The molecule has 2 N–H and O–H groups in total. The van der Waals surface area contributed by atoms with E-state index in [0.29, 0.717) is 14.5 Å². The predicted molar refractivity (Wildman–Crippen MR) is 118 cm³/mol. The summed E-state index contributed by atoms with van der Waals surface area (Å²) in [5.41, 5.74) is 2.58. The molecule has 0 aliphatic rings. The van der Waals surface area contributed by atoms with Crippen LogP contribution in [-0.4, -0.2) is 32.7 Å². The van der Waals surface area contributed by atoms with Crippen molar-refractivity contribution in [2.45, 2.75) is 11.3 Å². The molecular formula is C19H15N5O2S3. The molecule has 0 radical (unpaired) electrons. The van der Waals surface area contributed by atoms with Gasteiger partial charge in [0.05, 0.1) is 16.0 Å². The summed E-state index contributed by atoms with van der Waals surface area (Å²) in [6.45, 7) is 1.94. The van der Waals surface area contributed by atoms with E-state index in [0.717, 1.165) is 21.5 Å². The number of aromatic nitrogens is 3. The Bertz CT molecular complexity index is 1150. The summed E-state index contributed by atoms with van der Waals surface area (Å²) in [7, 11) is 0. The summed E-state index contributed by atoms with van der Waals surface area (Å²) >= 11 is 3.81. The number of nitrogens with zero attached hydrogens (tertiary/aromatic N) is 3. The van der Waals surface area contributed by atoms with E-state index >= 15 is 0 Å². The van der Waals surface area contributed by atoms with E-state index in [1.54, 1.807) is 0 Å². The highest BCUT2D eigenvalue weighted by atomic mass is 32.2. The molecule has 2 aromatic heterocycles. The van der Waals surface area contributed by atoms with Gasteiger partial charge < -0.3 is 5.32 Å². The molecule has 0 unspecified atom stereocenters. The van der Waals surface area contributed by atoms with Crippen LogP contribution in [0, 0.1) is 6.92 Å². The van der Waals surface area contributed by atoms with Gasteiger partial charge in [-0.05, 0) is 30.7 Å². The number of aryl methyl sites for hydroxylation is 1. The highest BCUT2D eigenvalue weighted by molar-refractivity contribution is 8.01. The Morgan fingerprint density at radius 1 is 1.00 bits per heavy atom. The fraction of sp³-hybridized carbons (Fsp3) is 0.105. The van der Waals surface area contributed by atoms with Crippen molar-refractivity contribution in [3.63, 3.8) is 0 Å². The second kappa shape index (κ2) is 8.68. The maximum absolute atomic E-state index is 12.4. The van der Waals surface area contributed by atoms with Gasteiger partial charge in [0.25, 0.3) is 5.91 Å². The normalized spacial score (nSPS) is 10.8. The lowest BCUT2D eigenvalue weighted by atomic mass is 10.2. The van der Waals surface area contributed by atoms with Crippen molar-refractivity contribution in [1.82, 2.24) is 15.2 Å². The summed E-state index contributed by atoms with van der Waals surface area (Å²) in [5.74, 6) is -0.245. The number of amides is 2. The zero-order valence-electron chi connectivity index (χ0n) is 15.2. The van der Waals surface area contributed by atoms with Crippen molar-refractivity contribution in [2.75, 3.05) is 16.4 Å². The van der Waals surface area contributed by atoms with Gasteiger partial charge in [-0.25, -0.2) is 4.98 Å². The number of anilines is 2. The third-order valence-electron chi connectivity index (χ3n) is 3.86. The zero-order chi connectivity index (χ0) is 20.2. The molecule has 2 heterocycles. The van der Waals surface area contributed by atoms with Gasteiger partial charge in [0.2, 0.25) is 11.0 Å². The Balaban J connectivity index is 1.33. The van der Waals surface area contributed by atoms with Crippen LogP contribution in [0.4, 0.5) is 10.8 Å². The van der Waals surface area contributed by atoms with E-state index in [4.69, 9.17) is 0 Å². The lowest BCUT2D eigenvalue weighted by molar-refractivity contribution is -0.113. The molecule has 29 heavy (non-hydrogen) atoms. The number of para-hydroxylation sites is 2.